The van der Waals surface area contributed by atoms with E-state index < -0.39 is 5.97 Å². The molecule has 14 heavy (non-hydrogen) atoms. The summed E-state index contributed by atoms with van der Waals surface area (Å²) in [5.74, 6) is -0.828. The minimum atomic E-state index is -0.828. The molecule has 0 unspecified atom stereocenters. The molecule has 0 aliphatic rings. The van der Waals surface area contributed by atoms with Crippen molar-refractivity contribution >= 4 is 5.97 Å². The van der Waals surface area contributed by atoms with Gasteiger partial charge in [-0.3, -0.25) is 0 Å². The number of carbonyl (C=O) groups is 1. The maximum Gasteiger partial charge on any atom is 0.335 e. The second kappa shape index (κ2) is 8.54. The zero-order chi connectivity index (χ0) is 10.8. The molecule has 0 saturated carbocycles. The largest absolute Gasteiger partial charge is 0.478 e. The van der Waals surface area contributed by atoms with Gasteiger partial charge in [-0.2, -0.15) is 0 Å². The second-order valence-corrected chi connectivity index (χ2v) is 3.30. The van der Waals surface area contributed by atoms with Gasteiger partial charge >= 0.3 is 5.97 Å². The van der Waals surface area contributed by atoms with Crippen molar-refractivity contribution < 1.29 is 9.90 Å². The second-order valence-electron chi connectivity index (χ2n) is 3.30. The highest BCUT2D eigenvalue weighted by molar-refractivity contribution is 5.89. The van der Waals surface area contributed by atoms with Gasteiger partial charge in [-0.15, -0.1) is 0 Å². The minimum Gasteiger partial charge on any atom is -0.478 e. The van der Waals surface area contributed by atoms with E-state index in [1.54, 1.807) is 12.2 Å². The first-order valence-corrected chi connectivity index (χ1v) is 5.32. The molecule has 0 aliphatic heterocycles. The monoisotopic (exact) mass is 196 g/mol. The average molecular weight is 196 g/mol. The van der Waals surface area contributed by atoms with E-state index in [1.807, 2.05) is 13.0 Å². The molecule has 0 aromatic carbocycles. The zero-order valence-electron chi connectivity index (χ0n) is 9.12. The van der Waals surface area contributed by atoms with Crippen LogP contribution in [0, 0.1) is 0 Å². The van der Waals surface area contributed by atoms with Crippen molar-refractivity contribution in [1.29, 1.82) is 0 Å². The van der Waals surface area contributed by atoms with Gasteiger partial charge in [0.1, 0.15) is 0 Å². The van der Waals surface area contributed by atoms with Crippen LogP contribution >= 0.6 is 0 Å². The average Bonchev–Trinajstić information content (AvgIpc) is 2.16. The Morgan fingerprint density at radius 2 is 1.93 bits per heavy atom. The number of carboxylic acid groups (broad SMARTS) is 1. The lowest BCUT2D eigenvalue weighted by atomic mass is 10.1. The third kappa shape index (κ3) is 6.46. The van der Waals surface area contributed by atoms with Crippen LogP contribution in [0.4, 0.5) is 0 Å². The third-order valence-corrected chi connectivity index (χ3v) is 1.92. The Balaban J connectivity index is 4.09. The van der Waals surface area contributed by atoms with Crippen LogP contribution < -0.4 is 0 Å². The molecule has 0 aromatic rings. The molecule has 0 saturated heterocycles. The molecule has 80 valence electrons. The summed E-state index contributed by atoms with van der Waals surface area (Å²) in [5, 5.41) is 8.84. The first-order valence-electron chi connectivity index (χ1n) is 5.32. The van der Waals surface area contributed by atoms with E-state index in [-0.39, 0.29) is 0 Å². The normalized spacial score (nSPS) is 12.3. The van der Waals surface area contributed by atoms with Gasteiger partial charge < -0.3 is 5.11 Å². The highest BCUT2D eigenvalue weighted by atomic mass is 16.4. The maximum absolute atomic E-state index is 10.7. The van der Waals surface area contributed by atoms with E-state index in [0.717, 1.165) is 32.1 Å². The van der Waals surface area contributed by atoms with Crippen LogP contribution in [0.3, 0.4) is 0 Å². The fourth-order valence-corrected chi connectivity index (χ4v) is 1.06. The molecule has 2 heteroatoms. The van der Waals surface area contributed by atoms with Crippen molar-refractivity contribution in [2.75, 3.05) is 0 Å². The summed E-state index contributed by atoms with van der Waals surface area (Å²) in [6.07, 6.45) is 10.5. The molecule has 0 fully saturated rings. The SMILES string of the molecule is CCC/C=C(/C=C/CCCC)C(=O)O. The number of hydrogen-bond donors (Lipinski definition) is 1. The van der Waals surface area contributed by atoms with Gasteiger partial charge in [0.25, 0.3) is 0 Å². The van der Waals surface area contributed by atoms with Crippen LogP contribution in [0.5, 0.6) is 0 Å². The van der Waals surface area contributed by atoms with Crippen LogP contribution in [-0.4, -0.2) is 11.1 Å². The van der Waals surface area contributed by atoms with Gasteiger partial charge in [-0.25, -0.2) is 4.79 Å². The molecule has 0 bridgehead atoms. The molecule has 2 nitrogen and oxygen atoms in total. The fourth-order valence-electron chi connectivity index (χ4n) is 1.06. The molecule has 0 amide bonds. The van der Waals surface area contributed by atoms with Crippen LogP contribution in [-0.2, 0) is 4.79 Å². The van der Waals surface area contributed by atoms with Gasteiger partial charge in [-0.1, -0.05) is 51.3 Å². The number of carboxylic acids is 1. The van der Waals surface area contributed by atoms with Crippen LogP contribution in [0.2, 0.25) is 0 Å². The van der Waals surface area contributed by atoms with Crippen molar-refractivity contribution in [3.63, 3.8) is 0 Å². The summed E-state index contributed by atoms with van der Waals surface area (Å²) in [6, 6.07) is 0. The van der Waals surface area contributed by atoms with E-state index in [9.17, 15) is 4.79 Å². The van der Waals surface area contributed by atoms with Crippen molar-refractivity contribution in [2.24, 2.45) is 0 Å². The molecule has 0 radical (unpaired) electrons. The van der Waals surface area contributed by atoms with E-state index >= 15 is 0 Å². The topological polar surface area (TPSA) is 37.3 Å². The van der Waals surface area contributed by atoms with Gasteiger partial charge in [-0.05, 0) is 12.8 Å². The van der Waals surface area contributed by atoms with Gasteiger partial charge in [0, 0.05) is 0 Å². The number of hydrogen-bond acceptors (Lipinski definition) is 1. The molecule has 0 atom stereocenters. The number of unbranched alkanes of at least 4 members (excludes halogenated alkanes) is 3. The highest BCUT2D eigenvalue weighted by Crippen LogP contribution is 2.04. The summed E-state index contributed by atoms with van der Waals surface area (Å²) in [7, 11) is 0. The Morgan fingerprint density at radius 1 is 1.21 bits per heavy atom. The molecule has 0 heterocycles. The molecule has 0 aliphatic carbocycles. The van der Waals surface area contributed by atoms with E-state index in [4.69, 9.17) is 5.11 Å². The third-order valence-electron chi connectivity index (χ3n) is 1.92. The predicted octanol–water partition coefficient (Wildman–Crippen LogP) is 3.54. The minimum absolute atomic E-state index is 0.419. The van der Waals surface area contributed by atoms with E-state index in [2.05, 4.69) is 6.92 Å². The summed E-state index contributed by atoms with van der Waals surface area (Å²) >= 11 is 0. The standard InChI is InChI=1S/C12H20O2/c1-3-5-7-8-10-11(12(13)14)9-6-4-2/h8-10H,3-7H2,1-2H3,(H,13,14)/b10-8+,11-9-. The van der Waals surface area contributed by atoms with Gasteiger partial charge in [0.2, 0.25) is 0 Å². The molecular formula is C12H20O2. The molecule has 1 N–H and O–H groups in total. The Kier molecular flexibility index (Phi) is 7.90. The Morgan fingerprint density at radius 3 is 2.43 bits per heavy atom. The van der Waals surface area contributed by atoms with Crippen molar-refractivity contribution in [1.82, 2.24) is 0 Å². The lowest BCUT2D eigenvalue weighted by Crippen LogP contribution is -1.97. The Hall–Kier alpha value is -1.05. The Bertz CT molecular complexity index is 214. The summed E-state index contributed by atoms with van der Waals surface area (Å²) in [4.78, 5) is 10.7. The molecule has 0 rings (SSSR count). The van der Waals surface area contributed by atoms with Crippen LogP contribution in [0.1, 0.15) is 46.0 Å². The van der Waals surface area contributed by atoms with Crippen LogP contribution in [0.15, 0.2) is 23.8 Å². The van der Waals surface area contributed by atoms with Gasteiger partial charge in [0.15, 0.2) is 0 Å². The van der Waals surface area contributed by atoms with Crippen LogP contribution in [0.25, 0.3) is 0 Å². The lowest BCUT2D eigenvalue weighted by molar-refractivity contribution is -0.132. The summed E-state index contributed by atoms with van der Waals surface area (Å²) in [6.45, 7) is 4.16. The number of rotatable bonds is 7. The Labute approximate surface area is 86.3 Å². The quantitative estimate of drug-likeness (QED) is 0.384. The van der Waals surface area contributed by atoms with Crippen molar-refractivity contribution in [3.8, 4) is 0 Å². The lowest BCUT2D eigenvalue weighted by Gasteiger charge is -1.94. The summed E-state index contributed by atoms with van der Waals surface area (Å²) < 4.78 is 0. The number of allylic oxidation sites excluding steroid dienone is 2. The van der Waals surface area contributed by atoms with Gasteiger partial charge in [0.05, 0.1) is 5.57 Å². The van der Waals surface area contributed by atoms with Crippen molar-refractivity contribution in [3.05, 3.63) is 23.8 Å². The van der Waals surface area contributed by atoms with E-state index in [1.165, 1.54) is 0 Å². The molecule has 0 aromatic heterocycles. The zero-order valence-corrected chi connectivity index (χ0v) is 9.12. The van der Waals surface area contributed by atoms with E-state index in [0.29, 0.717) is 5.57 Å². The number of aliphatic carboxylic acids is 1. The first-order chi connectivity index (χ1) is 6.72. The molecular weight excluding hydrogens is 176 g/mol. The summed E-state index contributed by atoms with van der Waals surface area (Å²) in [5.41, 5.74) is 0.419. The smallest absolute Gasteiger partial charge is 0.335 e. The maximum atomic E-state index is 10.7. The fraction of sp³-hybridized carbons (Fsp3) is 0.583. The first kappa shape index (κ1) is 12.9. The predicted molar refractivity (Wildman–Crippen MR) is 59.3 cm³/mol. The highest BCUT2D eigenvalue weighted by Gasteiger charge is 2.00. The van der Waals surface area contributed by atoms with Crippen molar-refractivity contribution in [2.45, 2.75) is 46.0 Å². The molecule has 0 spiro atoms.